The molecule has 39 heavy (non-hydrogen) atoms. The molecule has 0 fully saturated rings. The number of pyridine rings is 1. The van der Waals surface area contributed by atoms with E-state index < -0.39 is 0 Å². The van der Waals surface area contributed by atoms with Crippen molar-refractivity contribution in [2.45, 2.75) is 27.7 Å². The van der Waals surface area contributed by atoms with Crippen molar-refractivity contribution < 1.29 is 20.1 Å². The molecular formula is C34H28IrN4-2. The van der Waals surface area contributed by atoms with E-state index in [0.29, 0.717) is 0 Å². The van der Waals surface area contributed by atoms with Crippen LogP contribution >= 0.6 is 0 Å². The Morgan fingerprint density at radius 2 is 1.49 bits per heavy atom. The van der Waals surface area contributed by atoms with Crippen molar-refractivity contribution in [1.29, 1.82) is 0 Å². The van der Waals surface area contributed by atoms with Crippen molar-refractivity contribution in [3.8, 4) is 17.1 Å². The molecule has 3 aromatic heterocycles. The zero-order chi connectivity index (χ0) is 26.2. The van der Waals surface area contributed by atoms with Crippen LogP contribution < -0.4 is 0 Å². The summed E-state index contributed by atoms with van der Waals surface area (Å²) in [6.07, 6.45) is 5.94. The minimum atomic E-state index is 0. The van der Waals surface area contributed by atoms with Gasteiger partial charge in [-0.2, -0.15) is 0 Å². The summed E-state index contributed by atoms with van der Waals surface area (Å²) in [5.74, 6) is 0.931. The van der Waals surface area contributed by atoms with Gasteiger partial charge in [-0.15, -0.1) is 65.5 Å². The maximum absolute atomic E-state index is 4.62. The van der Waals surface area contributed by atoms with Crippen molar-refractivity contribution in [3.05, 3.63) is 132 Å². The van der Waals surface area contributed by atoms with Gasteiger partial charge < -0.3 is 8.97 Å². The maximum Gasteiger partial charge on any atom is 0.0611 e. The van der Waals surface area contributed by atoms with Crippen molar-refractivity contribution in [2.75, 3.05) is 0 Å². The monoisotopic (exact) mass is 685 g/mol. The number of nitrogens with zero attached hydrogens (tertiary/aromatic N) is 4. The van der Waals surface area contributed by atoms with E-state index in [-0.39, 0.29) is 20.1 Å². The first-order valence-electron chi connectivity index (χ1n) is 12.8. The van der Waals surface area contributed by atoms with Gasteiger partial charge in [-0.25, -0.2) is 0 Å². The minimum absolute atomic E-state index is 0. The van der Waals surface area contributed by atoms with E-state index in [4.69, 9.17) is 0 Å². The largest absolute Gasteiger partial charge is 0.340 e. The number of hydrogen-bond acceptors (Lipinski definition) is 2. The number of aryl methyl sites for hydroxylation is 4. The topological polar surface area (TPSA) is 35.1 Å². The maximum atomic E-state index is 4.62. The van der Waals surface area contributed by atoms with E-state index in [1.165, 1.54) is 38.7 Å². The first kappa shape index (κ1) is 26.6. The van der Waals surface area contributed by atoms with Crippen LogP contribution in [-0.2, 0) is 20.1 Å². The summed E-state index contributed by atoms with van der Waals surface area (Å²) in [5, 5.41) is 3.55. The van der Waals surface area contributed by atoms with Gasteiger partial charge in [0.15, 0.2) is 0 Å². The summed E-state index contributed by atoms with van der Waals surface area (Å²) < 4.78 is 4.30. The molecule has 7 rings (SSSR count). The van der Waals surface area contributed by atoms with Crippen LogP contribution in [-0.4, -0.2) is 18.9 Å². The molecule has 0 saturated carbocycles. The summed E-state index contributed by atoms with van der Waals surface area (Å²) in [6.45, 7) is 8.45. The number of hydrogen-bond donors (Lipinski definition) is 0. The van der Waals surface area contributed by atoms with Crippen LogP contribution in [0.4, 0.5) is 0 Å². The van der Waals surface area contributed by atoms with E-state index in [1.54, 1.807) is 0 Å². The molecule has 0 bridgehead atoms. The molecule has 0 atom stereocenters. The van der Waals surface area contributed by atoms with E-state index in [9.17, 15) is 0 Å². The van der Waals surface area contributed by atoms with Crippen molar-refractivity contribution in [1.82, 2.24) is 18.9 Å². The third kappa shape index (κ3) is 4.92. The Labute approximate surface area is 242 Å². The SMILES string of the molecule is Cc1cc(C)c(-n2ccnc2-c2[c-]cccc2)c(C)c1.Cc1cn2c3ccccc3c3ccc[c-]c3c2n1.[Ir]. The van der Waals surface area contributed by atoms with Crippen molar-refractivity contribution >= 4 is 27.3 Å². The number of fused-ring (bicyclic) bond motifs is 6. The van der Waals surface area contributed by atoms with Crippen LogP contribution in [0.15, 0.2) is 97.5 Å². The van der Waals surface area contributed by atoms with Gasteiger partial charge in [-0.05, 0) is 50.3 Å². The Morgan fingerprint density at radius 3 is 2.26 bits per heavy atom. The molecule has 0 aliphatic heterocycles. The number of rotatable bonds is 2. The fourth-order valence-corrected chi connectivity index (χ4v) is 5.38. The number of para-hydroxylation sites is 1. The van der Waals surface area contributed by atoms with Crippen LogP contribution in [0.25, 0.3) is 44.4 Å². The van der Waals surface area contributed by atoms with Crippen LogP contribution in [0.1, 0.15) is 22.4 Å². The fourth-order valence-electron chi connectivity index (χ4n) is 5.38. The summed E-state index contributed by atoms with van der Waals surface area (Å²) >= 11 is 0. The van der Waals surface area contributed by atoms with Crippen LogP contribution in [0, 0.1) is 39.8 Å². The molecule has 3 heterocycles. The molecule has 0 amide bonds. The van der Waals surface area contributed by atoms with Gasteiger partial charge in [0.25, 0.3) is 0 Å². The summed E-state index contributed by atoms with van der Waals surface area (Å²) in [7, 11) is 0. The van der Waals surface area contributed by atoms with Gasteiger partial charge >= 0.3 is 0 Å². The zero-order valence-corrected chi connectivity index (χ0v) is 24.8. The Balaban J connectivity index is 0.000000155. The third-order valence-corrected chi connectivity index (χ3v) is 6.83. The molecule has 4 aromatic carbocycles. The molecule has 0 N–H and O–H groups in total. The van der Waals surface area contributed by atoms with Crippen LogP contribution in [0.5, 0.6) is 0 Å². The Hall–Kier alpha value is -4.05. The Kier molecular flexibility index (Phi) is 7.47. The molecule has 0 spiro atoms. The van der Waals surface area contributed by atoms with Gasteiger partial charge in [0.1, 0.15) is 0 Å². The predicted octanol–water partition coefficient (Wildman–Crippen LogP) is 8.01. The summed E-state index contributed by atoms with van der Waals surface area (Å²) in [4.78, 5) is 9.12. The van der Waals surface area contributed by atoms with E-state index in [0.717, 1.165) is 28.1 Å². The van der Waals surface area contributed by atoms with Gasteiger partial charge in [-0.3, -0.25) is 9.97 Å². The Morgan fingerprint density at radius 1 is 0.769 bits per heavy atom. The molecular weight excluding hydrogens is 657 g/mol. The first-order chi connectivity index (χ1) is 18.5. The van der Waals surface area contributed by atoms with Crippen molar-refractivity contribution in [3.63, 3.8) is 0 Å². The van der Waals surface area contributed by atoms with Crippen LogP contribution in [0.2, 0.25) is 0 Å². The molecule has 0 unspecified atom stereocenters. The summed E-state index contributed by atoms with van der Waals surface area (Å²) in [5.41, 5.74) is 9.25. The quantitative estimate of drug-likeness (QED) is 0.137. The smallest absolute Gasteiger partial charge is 0.0611 e. The molecule has 1 radical (unpaired) electrons. The second-order valence-electron chi connectivity index (χ2n) is 9.70. The minimum Gasteiger partial charge on any atom is -0.340 e. The van der Waals surface area contributed by atoms with Gasteiger partial charge in [0.2, 0.25) is 0 Å². The average molecular weight is 685 g/mol. The molecule has 5 heteroatoms. The standard InChI is InChI=1S/C18H17N2.C16H11N2.Ir/c1-13-11-14(2)17(15(3)12-13)20-10-9-19-18(20)16-7-5-4-6-8-16;1-11-10-18-15-9-5-4-7-13(15)12-6-2-3-8-14(12)16(18)17-11;/h4-7,9-12H,1-3H3;2-7,9-10H,1H3;/q2*-1;. The summed E-state index contributed by atoms with van der Waals surface area (Å²) in [6, 6.07) is 33.5. The average Bonchev–Trinajstić information content (AvgIpc) is 3.56. The van der Waals surface area contributed by atoms with Gasteiger partial charge in [0, 0.05) is 55.6 Å². The molecule has 0 aliphatic rings. The van der Waals surface area contributed by atoms with Gasteiger partial charge in [0.05, 0.1) is 11.5 Å². The normalized spacial score (nSPS) is 10.9. The third-order valence-electron chi connectivity index (χ3n) is 6.83. The molecule has 7 aromatic rings. The van der Waals surface area contributed by atoms with E-state index >= 15 is 0 Å². The molecule has 0 aliphatic carbocycles. The first-order valence-corrected chi connectivity index (χ1v) is 12.8. The van der Waals surface area contributed by atoms with E-state index in [2.05, 4.69) is 101 Å². The Bertz CT molecular complexity index is 1820. The van der Waals surface area contributed by atoms with Crippen LogP contribution in [0.3, 0.4) is 0 Å². The molecule has 195 valence electrons. The van der Waals surface area contributed by atoms with Gasteiger partial charge in [-0.1, -0.05) is 41.3 Å². The number of benzene rings is 4. The predicted molar refractivity (Wildman–Crippen MR) is 156 cm³/mol. The van der Waals surface area contributed by atoms with E-state index in [1.807, 2.05) is 55.7 Å². The molecule has 0 saturated heterocycles. The number of imidazole rings is 2. The second kappa shape index (κ2) is 11.0. The van der Waals surface area contributed by atoms with Crippen molar-refractivity contribution in [2.24, 2.45) is 0 Å². The zero-order valence-electron chi connectivity index (χ0n) is 22.4. The second-order valence-corrected chi connectivity index (χ2v) is 9.70. The number of aromatic nitrogens is 4. The molecule has 4 nitrogen and oxygen atoms in total. The fraction of sp³-hybridized carbons (Fsp3) is 0.118.